The molecule has 0 radical (unpaired) electrons. The summed E-state index contributed by atoms with van der Waals surface area (Å²) in [7, 11) is 0. The molecule has 100 valence electrons. The van der Waals surface area contributed by atoms with Crippen LogP contribution in [0.25, 0.3) is 0 Å². The van der Waals surface area contributed by atoms with Crippen molar-refractivity contribution in [2.45, 2.75) is 31.1 Å². The van der Waals surface area contributed by atoms with Crippen molar-refractivity contribution in [3.63, 3.8) is 0 Å². The van der Waals surface area contributed by atoms with Gasteiger partial charge in [0.15, 0.2) is 0 Å². The third-order valence-corrected chi connectivity index (χ3v) is 3.07. The second kappa shape index (κ2) is 5.24. The zero-order valence-electron chi connectivity index (χ0n) is 9.90. The number of aromatic nitrogens is 1. The zero-order valence-corrected chi connectivity index (χ0v) is 9.90. The lowest BCUT2D eigenvalue weighted by Gasteiger charge is -2.31. The van der Waals surface area contributed by atoms with Gasteiger partial charge in [0, 0.05) is 31.0 Å². The minimum absolute atomic E-state index is 0.000353. The second-order valence-electron chi connectivity index (χ2n) is 4.56. The van der Waals surface area contributed by atoms with Crippen molar-refractivity contribution in [1.29, 1.82) is 0 Å². The number of nitrogens with zero attached hydrogens (tertiary/aromatic N) is 2. The molecule has 1 heterocycles. The summed E-state index contributed by atoms with van der Waals surface area (Å²) in [6.45, 7) is -0.743. The van der Waals surface area contributed by atoms with E-state index in [0.29, 0.717) is 0 Å². The van der Waals surface area contributed by atoms with Crippen LogP contribution in [0.5, 0.6) is 0 Å². The Labute approximate surface area is 104 Å². The summed E-state index contributed by atoms with van der Waals surface area (Å²) in [4.78, 5) is 5.40. The molecule has 1 fully saturated rings. The van der Waals surface area contributed by atoms with Gasteiger partial charge in [-0.3, -0.25) is 9.88 Å². The van der Waals surface area contributed by atoms with Gasteiger partial charge >= 0.3 is 6.18 Å². The maximum atomic E-state index is 12.6. The molecule has 18 heavy (non-hydrogen) atoms. The average molecular weight is 259 g/mol. The smallest absolute Gasteiger partial charge is 0.329 e. The van der Waals surface area contributed by atoms with Crippen LogP contribution in [-0.4, -0.2) is 35.2 Å². The molecule has 0 aliphatic heterocycles. The van der Waals surface area contributed by atoms with E-state index in [4.69, 9.17) is 5.73 Å². The Morgan fingerprint density at radius 2 is 2.17 bits per heavy atom. The predicted molar refractivity (Wildman–Crippen MR) is 61.8 cm³/mol. The Kier molecular flexibility index (Phi) is 3.87. The lowest BCUT2D eigenvalue weighted by atomic mass is 10.1. The SMILES string of the molecule is NCC(c1cccnc1)N(CC(F)(F)F)C1CC1. The van der Waals surface area contributed by atoms with Gasteiger partial charge in [-0.1, -0.05) is 6.07 Å². The van der Waals surface area contributed by atoms with Crippen LogP contribution in [0.4, 0.5) is 13.2 Å². The predicted octanol–water partition coefficient (Wildman–Crippen LogP) is 2.11. The minimum Gasteiger partial charge on any atom is -0.329 e. The van der Waals surface area contributed by atoms with Crippen LogP contribution in [0.2, 0.25) is 0 Å². The fourth-order valence-electron chi connectivity index (χ4n) is 2.14. The Morgan fingerprint density at radius 1 is 1.44 bits per heavy atom. The van der Waals surface area contributed by atoms with Gasteiger partial charge in [-0.2, -0.15) is 13.2 Å². The van der Waals surface area contributed by atoms with Gasteiger partial charge in [0.2, 0.25) is 0 Å². The number of pyridine rings is 1. The van der Waals surface area contributed by atoms with E-state index >= 15 is 0 Å². The van der Waals surface area contributed by atoms with E-state index in [1.165, 1.54) is 4.90 Å². The first-order chi connectivity index (χ1) is 8.51. The standard InChI is InChI=1S/C12H16F3N3/c13-12(14,15)8-18(10-3-4-10)11(6-16)9-2-1-5-17-7-9/h1-2,5,7,10-11H,3-4,6,8,16H2. The zero-order chi connectivity index (χ0) is 13.2. The first kappa shape index (κ1) is 13.3. The van der Waals surface area contributed by atoms with Gasteiger partial charge in [-0.05, 0) is 24.5 Å². The number of halogens is 3. The summed E-state index contributed by atoms with van der Waals surface area (Å²) in [6, 6.07) is 3.08. The molecule has 1 atom stereocenters. The molecule has 0 bridgehead atoms. The third-order valence-electron chi connectivity index (χ3n) is 3.07. The Bertz CT molecular complexity index is 376. The molecule has 0 aromatic carbocycles. The molecule has 1 saturated carbocycles. The van der Waals surface area contributed by atoms with Crippen molar-refractivity contribution < 1.29 is 13.2 Å². The summed E-state index contributed by atoms with van der Waals surface area (Å²) < 4.78 is 37.8. The average Bonchev–Trinajstić information content (AvgIpc) is 3.12. The van der Waals surface area contributed by atoms with Gasteiger partial charge in [-0.15, -0.1) is 0 Å². The highest BCUT2D eigenvalue weighted by Gasteiger charge is 2.41. The molecular weight excluding hydrogens is 243 g/mol. The Morgan fingerprint density at radius 3 is 2.61 bits per heavy atom. The van der Waals surface area contributed by atoms with E-state index in [2.05, 4.69) is 4.98 Å². The van der Waals surface area contributed by atoms with Crippen LogP contribution < -0.4 is 5.73 Å². The number of alkyl halides is 3. The number of hydrogen-bond donors (Lipinski definition) is 1. The van der Waals surface area contributed by atoms with E-state index in [1.54, 1.807) is 24.5 Å². The van der Waals surface area contributed by atoms with Crippen molar-refractivity contribution in [3.05, 3.63) is 30.1 Å². The Hall–Kier alpha value is -1.14. The molecule has 0 spiro atoms. The first-order valence-corrected chi connectivity index (χ1v) is 5.94. The monoisotopic (exact) mass is 259 g/mol. The van der Waals surface area contributed by atoms with Crippen LogP contribution in [-0.2, 0) is 0 Å². The largest absolute Gasteiger partial charge is 0.401 e. The van der Waals surface area contributed by atoms with E-state index in [9.17, 15) is 13.2 Å². The van der Waals surface area contributed by atoms with E-state index in [-0.39, 0.29) is 12.6 Å². The maximum Gasteiger partial charge on any atom is 0.401 e. The van der Waals surface area contributed by atoms with Gasteiger partial charge < -0.3 is 5.73 Å². The van der Waals surface area contributed by atoms with Crippen LogP contribution in [0.15, 0.2) is 24.5 Å². The molecule has 1 aliphatic rings. The fourth-order valence-corrected chi connectivity index (χ4v) is 2.14. The lowest BCUT2D eigenvalue weighted by molar-refractivity contribution is -0.152. The van der Waals surface area contributed by atoms with Gasteiger partial charge in [0.05, 0.1) is 6.54 Å². The molecule has 1 aliphatic carbocycles. The highest BCUT2D eigenvalue weighted by atomic mass is 19.4. The molecule has 0 saturated heterocycles. The maximum absolute atomic E-state index is 12.6. The minimum atomic E-state index is -4.20. The highest BCUT2D eigenvalue weighted by molar-refractivity contribution is 5.15. The van der Waals surface area contributed by atoms with Crippen molar-refractivity contribution in [2.24, 2.45) is 5.73 Å². The van der Waals surface area contributed by atoms with Crippen molar-refractivity contribution in [3.8, 4) is 0 Å². The van der Waals surface area contributed by atoms with Crippen LogP contribution in [0.1, 0.15) is 24.4 Å². The van der Waals surface area contributed by atoms with Crippen molar-refractivity contribution in [2.75, 3.05) is 13.1 Å². The third kappa shape index (κ3) is 3.43. The van der Waals surface area contributed by atoms with Gasteiger partial charge in [-0.25, -0.2) is 0 Å². The molecular formula is C12H16F3N3. The summed E-state index contributed by atoms with van der Waals surface area (Å²) in [5.41, 5.74) is 6.40. The normalized spacial score (nSPS) is 18.1. The molecule has 1 unspecified atom stereocenters. The van der Waals surface area contributed by atoms with Crippen LogP contribution in [0.3, 0.4) is 0 Å². The quantitative estimate of drug-likeness (QED) is 0.880. The van der Waals surface area contributed by atoms with Gasteiger partial charge in [0.25, 0.3) is 0 Å². The van der Waals surface area contributed by atoms with E-state index < -0.39 is 18.8 Å². The molecule has 0 amide bonds. The molecule has 3 nitrogen and oxygen atoms in total. The molecule has 2 rings (SSSR count). The molecule has 1 aromatic rings. The summed E-state index contributed by atoms with van der Waals surface area (Å²) >= 11 is 0. The van der Waals surface area contributed by atoms with Crippen LogP contribution in [0, 0.1) is 0 Å². The summed E-state index contributed by atoms with van der Waals surface area (Å²) in [5.74, 6) is 0. The number of hydrogen-bond acceptors (Lipinski definition) is 3. The van der Waals surface area contributed by atoms with E-state index in [1.807, 2.05) is 0 Å². The fraction of sp³-hybridized carbons (Fsp3) is 0.583. The second-order valence-corrected chi connectivity index (χ2v) is 4.56. The van der Waals surface area contributed by atoms with Crippen LogP contribution >= 0.6 is 0 Å². The highest BCUT2D eigenvalue weighted by Crippen LogP contribution is 2.36. The van der Waals surface area contributed by atoms with Crippen molar-refractivity contribution >= 4 is 0 Å². The Balaban J connectivity index is 2.17. The van der Waals surface area contributed by atoms with Crippen molar-refractivity contribution in [1.82, 2.24) is 9.88 Å². The lowest BCUT2D eigenvalue weighted by Crippen LogP contribution is -2.41. The summed E-state index contributed by atoms with van der Waals surface area (Å²) in [6.07, 6.45) is 0.615. The summed E-state index contributed by atoms with van der Waals surface area (Å²) in [5, 5.41) is 0. The first-order valence-electron chi connectivity index (χ1n) is 5.94. The topological polar surface area (TPSA) is 42.1 Å². The number of nitrogens with two attached hydrogens (primary N) is 1. The van der Waals surface area contributed by atoms with E-state index in [0.717, 1.165) is 18.4 Å². The molecule has 2 N–H and O–H groups in total. The molecule has 1 aromatic heterocycles. The van der Waals surface area contributed by atoms with Gasteiger partial charge in [0.1, 0.15) is 0 Å². The molecule has 6 heteroatoms. The number of rotatable bonds is 5.